The van der Waals surface area contributed by atoms with Gasteiger partial charge in [-0.25, -0.2) is 19.6 Å². The van der Waals surface area contributed by atoms with E-state index in [2.05, 4.69) is 13.2 Å². The summed E-state index contributed by atoms with van der Waals surface area (Å²) in [6.07, 6.45) is 15.1. The number of carbonyl (C=O) groups is 6. The Morgan fingerprint density at radius 3 is 1.56 bits per heavy atom. The van der Waals surface area contributed by atoms with Crippen LogP contribution in [0.4, 0.5) is 5.13 Å². The lowest BCUT2D eigenvalue weighted by atomic mass is 9.79. The number of para-hydroxylation sites is 1. The van der Waals surface area contributed by atoms with Gasteiger partial charge >= 0.3 is 29.8 Å². The number of fused-ring (bicyclic) bond motifs is 1. The van der Waals surface area contributed by atoms with Crippen molar-refractivity contribution in [3.63, 3.8) is 0 Å². The van der Waals surface area contributed by atoms with Gasteiger partial charge in [0.05, 0.1) is 67.2 Å². The average molecular weight is 1170 g/mol. The van der Waals surface area contributed by atoms with Gasteiger partial charge in [-0.1, -0.05) is 79.1 Å². The Morgan fingerprint density at radius 2 is 1.00 bits per heavy atom. The van der Waals surface area contributed by atoms with Gasteiger partial charge in [0.15, 0.2) is 0 Å². The Bertz CT molecular complexity index is 3170. The molecular formula is C68H75N3O13S. The van der Waals surface area contributed by atoms with Gasteiger partial charge in [0.2, 0.25) is 5.13 Å². The maximum absolute atomic E-state index is 14.0. The highest BCUT2D eigenvalue weighted by Gasteiger charge is 2.34. The van der Waals surface area contributed by atoms with E-state index >= 15 is 0 Å². The van der Waals surface area contributed by atoms with Crippen LogP contribution in [-0.2, 0) is 51.2 Å². The van der Waals surface area contributed by atoms with Gasteiger partial charge < -0.3 is 33.2 Å². The van der Waals surface area contributed by atoms with Gasteiger partial charge in [-0.15, -0.1) is 0 Å². The van der Waals surface area contributed by atoms with Gasteiger partial charge in [-0.2, -0.15) is 5.10 Å². The molecule has 0 aliphatic heterocycles. The van der Waals surface area contributed by atoms with E-state index in [9.17, 15) is 28.8 Å². The first-order valence-corrected chi connectivity index (χ1v) is 30.4. The van der Waals surface area contributed by atoms with Crippen LogP contribution in [0.25, 0.3) is 10.2 Å². The molecule has 0 saturated heterocycles. The number of thiazole rings is 1. The highest BCUT2D eigenvalue weighted by molar-refractivity contribution is 7.22. The van der Waals surface area contributed by atoms with E-state index < -0.39 is 41.6 Å². The van der Waals surface area contributed by atoms with Crippen LogP contribution in [-0.4, -0.2) is 73.3 Å². The Hall–Kier alpha value is -8.44. The zero-order chi connectivity index (χ0) is 59.6. The summed E-state index contributed by atoms with van der Waals surface area (Å²) in [7, 11) is 0. The van der Waals surface area contributed by atoms with Gasteiger partial charge in [-0.3, -0.25) is 19.2 Å². The maximum Gasteiger partial charge on any atom is 0.330 e. The van der Waals surface area contributed by atoms with Gasteiger partial charge in [-0.05, 0) is 181 Å². The summed E-state index contributed by atoms with van der Waals surface area (Å²) in [6.45, 7) is 9.04. The first-order valence-electron chi connectivity index (χ1n) is 29.6. The molecule has 8 rings (SSSR count). The largest absolute Gasteiger partial charge is 0.494 e. The lowest BCUT2D eigenvalue weighted by Crippen LogP contribution is -2.30. The normalized spacial score (nSPS) is 16.6. The highest BCUT2D eigenvalue weighted by Crippen LogP contribution is 2.36. The molecule has 0 bridgehead atoms. The fourth-order valence-electron chi connectivity index (χ4n) is 10.2. The molecule has 6 aromatic rings. The third kappa shape index (κ3) is 20.1. The van der Waals surface area contributed by atoms with Crippen molar-refractivity contribution in [2.24, 2.45) is 28.8 Å². The first-order chi connectivity index (χ1) is 41.5. The van der Waals surface area contributed by atoms with Gasteiger partial charge in [0.25, 0.3) is 0 Å². The number of hydrogen-bond donors (Lipinski definition) is 0. The zero-order valence-electron chi connectivity index (χ0n) is 48.1. The summed E-state index contributed by atoms with van der Waals surface area (Å²) < 4.78 is 40.7. The summed E-state index contributed by atoms with van der Waals surface area (Å²) in [6, 6.07) is 37.2. The number of carbonyl (C=O) groups excluding carboxylic acids is 6. The number of ether oxygens (including phenoxy) is 7. The van der Waals surface area contributed by atoms with Crippen LogP contribution in [0.2, 0.25) is 0 Å². The molecule has 0 N–H and O–H groups in total. The van der Waals surface area contributed by atoms with Gasteiger partial charge in [0, 0.05) is 30.1 Å². The topological polar surface area (TPSA) is 196 Å². The summed E-state index contributed by atoms with van der Waals surface area (Å²) in [5.41, 5.74) is 3.14. The fraction of sp³-hybridized carbons (Fsp3) is 0.382. The van der Waals surface area contributed by atoms with Crippen molar-refractivity contribution in [1.29, 1.82) is 0 Å². The average Bonchev–Trinajstić information content (AvgIpc) is 4.05. The predicted molar refractivity (Wildman–Crippen MR) is 326 cm³/mol. The fourth-order valence-corrected chi connectivity index (χ4v) is 11.1. The molecule has 1 heterocycles. The number of hydrazone groups is 1. The molecule has 0 atom stereocenters. The summed E-state index contributed by atoms with van der Waals surface area (Å²) >= 11 is 1.50. The van der Waals surface area contributed by atoms with Crippen LogP contribution in [0, 0.1) is 23.7 Å². The number of unbranched alkanes of at least 4 members (excludes halogenated alkanes) is 6. The SMILES string of the molecule is C=CC(=O)OCCCCCCOc1ccc(CC(=O)C2CCC(C(=O)Oc3ccc(OC(=O)C4CCC(C(=O)Oc5ccc(OCCCCCCOC(=O)C=C)cc5)CC4)c(/C=N/N(Cc4ccccc4)c4nc5ccccc5s4)c3)CC2)cc1. The number of Topliss-reactive ketones (excluding diaryl/α,β-unsaturated/α-hetero) is 1. The molecule has 0 spiro atoms. The third-order valence-electron chi connectivity index (χ3n) is 15.1. The molecule has 2 saturated carbocycles. The molecular weight excluding hydrogens is 1100 g/mol. The van der Waals surface area contributed by atoms with Crippen LogP contribution < -0.4 is 28.7 Å². The first kappa shape index (κ1) is 62.6. The van der Waals surface area contributed by atoms with E-state index in [4.69, 9.17) is 43.2 Å². The van der Waals surface area contributed by atoms with E-state index in [0.717, 1.165) is 90.6 Å². The van der Waals surface area contributed by atoms with Gasteiger partial charge in [0.1, 0.15) is 34.5 Å². The lowest BCUT2D eigenvalue weighted by Gasteiger charge is -2.26. The molecule has 2 fully saturated rings. The van der Waals surface area contributed by atoms with Crippen LogP contribution in [0.15, 0.2) is 152 Å². The minimum atomic E-state index is -0.473. The molecule has 2 aliphatic rings. The number of nitrogens with zero attached hydrogens (tertiary/aromatic N) is 3. The molecule has 0 amide bonds. The lowest BCUT2D eigenvalue weighted by molar-refractivity contribution is -0.145. The van der Waals surface area contributed by atoms with Crippen LogP contribution in [0.3, 0.4) is 0 Å². The summed E-state index contributed by atoms with van der Waals surface area (Å²) in [4.78, 5) is 81.9. The maximum atomic E-state index is 14.0. The van der Waals surface area contributed by atoms with Crippen molar-refractivity contribution in [2.45, 2.75) is 116 Å². The molecule has 0 unspecified atom stereocenters. The number of benzene rings is 5. The quantitative estimate of drug-likeness (QED) is 0.00965. The minimum Gasteiger partial charge on any atom is -0.494 e. The minimum absolute atomic E-state index is 0.142. The van der Waals surface area contributed by atoms with Crippen LogP contribution in [0.5, 0.6) is 28.7 Å². The second-order valence-electron chi connectivity index (χ2n) is 21.3. The monoisotopic (exact) mass is 1170 g/mol. The van der Waals surface area contributed by atoms with Crippen molar-refractivity contribution in [1.82, 2.24) is 4.98 Å². The summed E-state index contributed by atoms with van der Waals surface area (Å²) in [5.74, 6) is -1.01. The molecule has 2 aliphatic carbocycles. The molecule has 5 aromatic carbocycles. The molecule has 0 radical (unpaired) electrons. The summed E-state index contributed by atoms with van der Waals surface area (Å²) in [5, 5.41) is 7.39. The predicted octanol–water partition coefficient (Wildman–Crippen LogP) is 13.5. The van der Waals surface area contributed by atoms with Crippen LogP contribution in [0.1, 0.15) is 119 Å². The van der Waals surface area contributed by atoms with E-state index in [-0.39, 0.29) is 29.2 Å². The number of esters is 5. The third-order valence-corrected chi connectivity index (χ3v) is 16.2. The van der Waals surface area contributed by atoms with Crippen molar-refractivity contribution in [3.8, 4) is 28.7 Å². The number of hydrogen-bond acceptors (Lipinski definition) is 17. The van der Waals surface area contributed by atoms with E-state index in [1.807, 2.05) is 78.9 Å². The van der Waals surface area contributed by atoms with E-state index in [0.29, 0.717) is 113 Å². The van der Waals surface area contributed by atoms with Crippen molar-refractivity contribution < 1.29 is 61.9 Å². The van der Waals surface area contributed by atoms with Crippen molar-refractivity contribution in [2.75, 3.05) is 31.4 Å². The molecule has 446 valence electrons. The van der Waals surface area contributed by atoms with E-state index in [1.54, 1.807) is 53.7 Å². The molecule has 1 aromatic heterocycles. The Labute approximate surface area is 501 Å². The van der Waals surface area contributed by atoms with E-state index in [1.165, 1.54) is 11.3 Å². The number of ketones is 1. The Kier molecular flexibility index (Phi) is 24.4. The number of rotatable bonds is 32. The second-order valence-corrected chi connectivity index (χ2v) is 22.3. The highest BCUT2D eigenvalue weighted by atomic mass is 32.1. The molecule has 85 heavy (non-hydrogen) atoms. The molecule has 16 nitrogen and oxygen atoms in total. The Balaban J connectivity index is 0.843. The van der Waals surface area contributed by atoms with Crippen LogP contribution >= 0.6 is 11.3 Å². The number of aromatic nitrogens is 1. The standard InChI is InChI=1S/C68H75N3O13S/c1-3-63(73)80-42-16-7-5-14-40-78-55-32-22-48(23-33-55)44-60(72)50-24-26-51(27-25-50)66(76)83-58-38-39-61(54(45-58)46-69-71(47-49-18-10-9-11-19-49)68-70-59-20-12-13-21-62(59)85-68)84-67(77)53-30-28-52(29-31-53)65(75)82-57-36-34-56(35-37-57)79-41-15-6-8-17-43-81-64(74)4-2/h3-4,9-13,18-23,32-39,45-46,50-53H,1-2,5-8,14-17,24-31,40-44,47H2/b69-46+. The smallest absolute Gasteiger partial charge is 0.330 e. The molecule has 17 heteroatoms. The number of anilines is 1. The van der Waals surface area contributed by atoms with Crippen molar-refractivity contribution in [3.05, 3.63) is 163 Å². The van der Waals surface area contributed by atoms with Crippen molar-refractivity contribution >= 4 is 68.5 Å². The Morgan fingerprint density at radius 1 is 0.518 bits per heavy atom. The second kappa shape index (κ2) is 33.2. The zero-order valence-corrected chi connectivity index (χ0v) is 48.9.